The highest BCUT2D eigenvalue weighted by Crippen LogP contribution is 2.08. The molecule has 126 valence electrons. The first-order chi connectivity index (χ1) is 11.6. The molecule has 24 heavy (non-hydrogen) atoms. The minimum atomic E-state index is -0.159. The predicted octanol–water partition coefficient (Wildman–Crippen LogP) is 5.32. The SMILES string of the molecule is Cc1ccc(CCC=COC(=O)CCCc2ccc(C)cc2)cc1. The average molecular weight is 322 g/mol. The molecule has 2 aromatic rings. The van der Waals surface area contributed by atoms with E-state index in [0.29, 0.717) is 6.42 Å². The highest BCUT2D eigenvalue weighted by Gasteiger charge is 2.01. The quantitative estimate of drug-likeness (QED) is 0.486. The van der Waals surface area contributed by atoms with Crippen LogP contribution in [0.4, 0.5) is 0 Å². The van der Waals surface area contributed by atoms with Crippen LogP contribution in [0.15, 0.2) is 60.9 Å². The molecule has 0 aliphatic rings. The first-order valence-corrected chi connectivity index (χ1v) is 8.59. The molecule has 0 atom stereocenters. The van der Waals surface area contributed by atoms with Crippen LogP contribution in [0.2, 0.25) is 0 Å². The average Bonchev–Trinajstić information content (AvgIpc) is 2.58. The molecule has 0 aliphatic carbocycles. The Morgan fingerprint density at radius 1 is 0.875 bits per heavy atom. The molecule has 0 saturated carbocycles. The van der Waals surface area contributed by atoms with Crippen LogP contribution in [-0.2, 0) is 22.4 Å². The monoisotopic (exact) mass is 322 g/mol. The second-order valence-corrected chi connectivity index (χ2v) is 6.23. The van der Waals surface area contributed by atoms with Gasteiger partial charge in [-0.3, -0.25) is 4.79 Å². The molecule has 0 bridgehead atoms. The Bertz CT molecular complexity index is 651. The fourth-order valence-electron chi connectivity index (χ4n) is 2.45. The number of allylic oxidation sites excluding steroid dienone is 1. The van der Waals surface area contributed by atoms with Gasteiger partial charge in [0.1, 0.15) is 0 Å². The van der Waals surface area contributed by atoms with E-state index in [1.165, 1.54) is 28.5 Å². The van der Waals surface area contributed by atoms with E-state index < -0.39 is 0 Å². The molecule has 0 fully saturated rings. The van der Waals surface area contributed by atoms with E-state index in [1.807, 2.05) is 6.08 Å². The lowest BCUT2D eigenvalue weighted by Crippen LogP contribution is -2.00. The number of carbonyl (C=O) groups is 1. The summed E-state index contributed by atoms with van der Waals surface area (Å²) in [6.45, 7) is 4.16. The summed E-state index contributed by atoms with van der Waals surface area (Å²) in [5, 5.41) is 0. The topological polar surface area (TPSA) is 26.3 Å². The first kappa shape index (κ1) is 18.0. The Labute approximate surface area is 145 Å². The van der Waals surface area contributed by atoms with Crippen molar-refractivity contribution in [3.05, 3.63) is 83.1 Å². The Kier molecular flexibility index (Phi) is 7.28. The Hall–Kier alpha value is -2.35. The van der Waals surface area contributed by atoms with E-state index in [0.717, 1.165) is 25.7 Å². The molecule has 2 rings (SSSR count). The predicted molar refractivity (Wildman–Crippen MR) is 98.8 cm³/mol. The molecular formula is C22H26O2. The second kappa shape index (κ2) is 9.71. The van der Waals surface area contributed by atoms with Gasteiger partial charge in [-0.05, 0) is 56.7 Å². The maximum absolute atomic E-state index is 11.7. The minimum Gasteiger partial charge on any atom is -0.435 e. The van der Waals surface area contributed by atoms with Crippen molar-refractivity contribution in [3.8, 4) is 0 Å². The van der Waals surface area contributed by atoms with Crippen LogP contribution < -0.4 is 0 Å². The molecule has 2 heteroatoms. The van der Waals surface area contributed by atoms with Crippen molar-refractivity contribution < 1.29 is 9.53 Å². The van der Waals surface area contributed by atoms with Gasteiger partial charge in [-0.25, -0.2) is 0 Å². The molecule has 0 aliphatic heterocycles. The van der Waals surface area contributed by atoms with Crippen molar-refractivity contribution in [2.24, 2.45) is 0 Å². The summed E-state index contributed by atoms with van der Waals surface area (Å²) in [4.78, 5) is 11.7. The van der Waals surface area contributed by atoms with Gasteiger partial charge in [0.05, 0.1) is 6.26 Å². The van der Waals surface area contributed by atoms with Gasteiger partial charge >= 0.3 is 5.97 Å². The van der Waals surface area contributed by atoms with Crippen LogP contribution in [-0.4, -0.2) is 5.97 Å². The number of benzene rings is 2. The summed E-state index contributed by atoms with van der Waals surface area (Å²) in [7, 11) is 0. The van der Waals surface area contributed by atoms with Crippen molar-refractivity contribution in [3.63, 3.8) is 0 Å². The smallest absolute Gasteiger partial charge is 0.310 e. The number of aryl methyl sites for hydroxylation is 4. The van der Waals surface area contributed by atoms with Crippen LogP contribution in [0, 0.1) is 13.8 Å². The van der Waals surface area contributed by atoms with Gasteiger partial charge in [-0.1, -0.05) is 59.7 Å². The van der Waals surface area contributed by atoms with Gasteiger partial charge in [-0.2, -0.15) is 0 Å². The zero-order valence-electron chi connectivity index (χ0n) is 14.6. The summed E-state index contributed by atoms with van der Waals surface area (Å²) >= 11 is 0. The standard InChI is InChI=1S/C22H26O2/c1-18-9-13-20(14-10-18)6-3-4-17-24-22(23)8-5-7-21-15-11-19(2)12-16-21/h4,9-17H,3,5-8H2,1-2H3. The highest BCUT2D eigenvalue weighted by atomic mass is 16.5. The van der Waals surface area contributed by atoms with E-state index >= 15 is 0 Å². The van der Waals surface area contributed by atoms with Crippen molar-refractivity contribution >= 4 is 5.97 Å². The van der Waals surface area contributed by atoms with Gasteiger partial charge in [0, 0.05) is 6.42 Å². The van der Waals surface area contributed by atoms with Gasteiger partial charge in [-0.15, -0.1) is 0 Å². The molecule has 0 unspecified atom stereocenters. The zero-order chi connectivity index (χ0) is 17.2. The van der Waals surface area contributed by atoms with Crippen molar-refractivity contribution in [1.29, 1.82) is 0 Å². The van der Waals surface area contributed by atoms with Gasteiger partial charge < -0.3 is 4.74 Å². The van der Waals surface area contributed by atoms with Crippen LogP contribution >= 0.6 is 0 Å². The summed E-state index contributed by atoms with van der Waals surface area (Å²) in [6.07, 6.45) is 7.46. The molecule has 2 aromatic carbocycles. The normalized spacial score (nSPS) is 10.9. The summed E-state index contributed by atoms with van der Waals surface area (Å²) in [5.74, 6) is -0.159. The number of carbonyl (C=O) groups excluding carboxylic acids is 1. The van der Waals surface area contributed by atoms with E-state index in [2.05, 4.69) is 62.4 Å². The zero-order valence-corrected chi connectivity index (χ0v) is 14.6. The van der Waals surface area contributed by atoms with Crippen molar-refractivity contribution in [1.82, 2.24) is 0 Å². The Morgan fingerprint density at radius 2 is 1.42 bits per heavy atom. The number of hydrogen-bond acceptors (Lipinski definition) is 2. The van der Waals surface area contributed by atoms with E-state index in [9.17, 15) is 4.79 Å². The summed E-state index contributed by atoms with van der Waals surface area (Å²) in [6, 6.07) is 17.0. The van der Waals surface area contributed by atoms with Gasteiger partial charge in [0.15, 0.2) is 0 Å². The number of hydrogen-bond donors (Lipinski definition) is 0. The fourth-order valence-corrected chi connectivity index (χ4v) is 2.45. The Balaban J connectivity index is 1.58. The molecule has 0 spiro atoms. The lowest BCUT2D eigenvalue weighted by molar-refractivity contribution is -0.138. The highest BCUT2D eigenvalue weighted by molar-refractivity contribution is 5.69. The summed E-state index contributed by atoms with van der Waals surface area (Å²) in [5.41, 5.74) is 5.10. The van der Waals surface area contributed by atoms with Crippen LogP contribution in [0.1, 0.15) is 41.5 Å². The molecule has 0 aromatic heterocycles. The molecular weight excluding hydrogens is 296 g/mol. The van der Waals surface area contributed by atoms with Crippen molar-refractivity contribution in [2.75, 3.05) is 0 Å². The van der Waals surface area contributed by atoms with E-state index in [4.69, 9.17) is 4.74 Å². The lowest BCUT2D eigenvalue weighted by atomic mass is 10.1. The molecule has 0 heterocycles. The molecule has 0 amide bonds. The molecule has 0 saturated heterocycles. The third-order valence-electron chi connectivity index (χ3n) is 3.98. The molecule has 0 N–H and O–H groups in total. The van der Waals surface area contributed by atoms with Gasteiger partial charge in [0.25, 0.3) is 0 Å². The van der Waals surface area contributed by atoms with Crippen LogP contribution in [0.3, 0.4) is 0 Å². The third kappa shape index (κ3) is 6.82. The van der Waals surface area contributed by atoms with E-state index in [-0.39, 0.29) is 5.97 Å². The van der Waals surface area contributed by atoms with E-state index in [1.54, 1.807) is 0 Å². The third-order valence-corrected chi connectivity index (χ3v) is 3.98. The minimum absolute atomic E-state index is 0.159. The summed E-state index contributed by atoms with van der Waals surface area (Å²) < 4.78 is 5.14. The van der Waals surface area contributed by atoms with Gasteiger partial charge in [0.2, 0.25) is 0 Å². The van der Waals surface area contributed by atoms with Crippen molar-refractivity contribution in [2.45, 2.75) is 46.0 Å². The Morgan fingerprint density at radius 3 is 2.00 bits per heavy atom. The maximum Gasteiger partial charge on any atom is 0.310 e. The maximum atomic E-state index is 11.7. The molecule has 2 nitrogen and oxygen atoms in total. The largest absolute Gasteiger partial charge is 0.435 e. The lowest BCUT2D eigenvalue weighted by Gasteiger charge is -2.02. The number of ether oxygens (including phenoxy) is 1. The molecule has 0 radical (unpaired) electrons. The van der Waals surface area contributed by atoms with Crippen LogP contribution in [0.5, 0.6) is 0 Å². The number of rotatable bonds is 8. The fraction of sp³-hybridized carbons (Fsp3) is 0.318. The number of esters is 1. The first-order valence-electron chi connectivity index (χ1n) is 8.59. The van der Waals surface area contributed by atoms with Crippen LogP contribution in [0.25, 0.3) is 0 Å². The second-order valence-electron chi connectivity index (χ2n) is 6.23.